The Kier molecular flexibility index (Phi) is 4.55. The number of amides is 2. The van der Waals surface area contributed by atoms with Gasteiger partial charge in [-0.3, -0.25) is 14.5 Å². The molecule has 0 spiro atoms. The molecule has 1 aromatic rings. The molecule has 2 amide bonds. The third-order valence-electron chi connectivity index (χ3n) is 2.56. The van der Waals surface area contributed by atoms with Crippen molar-refractivity contribution in [3.05, 3.63) is 38.7 Å². The highest BCUT2D eigenvalue weighted by Gasteiger charge is 2.34. The van der Waals surface area contributed by atoms with Gasteiger partial charge in [0.25, 0.3) is 11.1 Å². The number of carbonyl (C=O) groups excluding carboxylic acids is 2. The van der Waals surface area contributed by atoms with Crippen LogP contribution in [-0.2, 0) is 4.79 Å². The summed E-state index contributed by atoms with van der Waals surface area (Å²) in [6.07, 6.45) is 2.40. The van der Waals surface area contributed by atoms with Gasteiger partial charge in [-0.2, -0.15) is 0 Å². The highest BCUT2D eigenvalue weighted by molar-refractivity contribution is 8.18. The zero-order valence-electron chi connectivity index (χ0n) is 10.2. The summed E-state index contributed by atoms with van der Waals surface area (Å²) in [5, 5.41) is 0.652. The molecule has 0 saturated carbocycles. The van der Waals surface area contributed by atoms with Crippen LogP contribution in [-0.4, -0.2) is 22.6 Å². The highest BCUT2D eigenvalue weighted by Crippen LogP contribution is 2.33. The van der Waals surface area contributed by atoms with Crippen LogP contribution in [0.5, 0.6) is 0 Å². The molecule has 1 aromatic carbocycles. The Balaban J connectivity index is 2.27. The van der Waals surface area contributed by atoms with E-state index in [1.807, 2.05) is 6.92 Å². The summed E-state index contributed by atoms with van der Waals surface area (Å²) in [6, 6.07) is 5.08. The van der Waals surface area contributed by atoms with Gasteiger partial charge in [-0.25, -0.2) is 0 Å². The molecule has 3 nitrogen and oxygen atoms in total. The summed E-state index contributed by atoms with van der Waals surface area (Å²) >= 11 is 12.7. The lowest BCUT2D eigenvalue weighted by atomic mass is 10.2. The molecule has 0 aromatic heterocycles. The van der Waals surface area contributed by atoms with Gasteiger partial charge in [-0.05, 0) is 42.0 Å². The second-order valence-electron chi connectivity index (χ2n) is 4.01. The van der Waals surface area contributed by atoms with Gasteiger partial charge in [0, 0.05) is 6.54 Å². The molecule has 2 rings (SSSR count). The molecule has 1 saturated heterocycles. The first kappa shape index (κ1) is 14.4. The summed E-state index contributed by atoms with van der Waals surface area (Å²) in [5.74, 6) is -0.247. The Hall–Kier alpha value is -0.970. The Morgan fingerprint density at radius 1 is 1.26 bits per heavy atom. The van der Waals surface area contributed by atoms with Crippen molar-refractivity contribution in [2.45, 2.75) is 13.3 Å². The number of imide groups is 1. The minimum Gasteiger partial charge on any atom is -0.268 e. The van der Waals surface area contributed by atoms with Crippen LogP contribution in [0.1, 0.15) is 18.9 Å². The van der Waals surface area contributed by atoms with Crippen LogP contribution in [0.25, 0.3) is 6.08 Å². The van der Waals surface area contributed by atoms with Crippen molar-refractivity contribution in [2.75, 3.05) is 6.54 Å². The molecule has 6 heteroatoms. The van der Waals surface area contributed by atoms with Crippen LogP contribution < -0.4 is 0 Å². The van der Waals surface area contributed by atoms with Crippen LogP contribution in [0.4, 0.5) is 4.79 Å². The smallest absolute Gasteiger partial charge is 0.268 e. The largest absolute Gasteiger partial charge is 0.293 e. The van der Waals surface area contributed by atoms with E-state index in [4.69, 9.17) is 23.2 Å². The van der Waals surface area contributed by atoms with Crippen molar-refractivity contribution >= 4 is 52.2 Å². The normalized spacial score (nSPS) is 17.6. The van der Waals surface area contributed by atoms with Crippen molar-refractivity contribution in [3.8, 4) is 0 Å². The number of halogens is 2. The predicted molar refractivity (Wildman–Crippen MR) is 79.4 cm³/mol. The fourth-order valence-electron chi connectivity index (χ4n) is 1.67. The van der Waals surface area contributed by atoms with Crippen LogP contribution in [0.15, 0.2) is 23.1 Å². The van der Waals surface area contributed by atoms with Crippen molar-refractivity contribution in [1.29, 1.82) is 0 Å². The maximum atomic E-state index is 12.0. The van der Waals surface area contributed by atoms with Gasteiger partial charge in [0.1, 0.15) is 0 Å². The number of nitrogens with zero attached hydrogens (tertiary/aromatic N) is 1. The molecule has 0 N–H and O–H groups in total. The average molecular weight is 316 g/mol. The summed E-state index contributed by atoms with van der Waals surface area (Å²) in [6.45, 7) is 2.37. The van der Waals surface area contributed by atoms with E-state index in [-0.39, 0.29) is 11.1 Å². The van der Waals surface area contributed by atoms with Crippen LogP contribution >= 0.6 is 35.0 Å². The molecular formula is C13H11Cl2NO2S. The fraction of sp³-hybridized carbons (Fsp3) is 0.231. The van der Waals surface area contributed by atoms with Gasteiger partial charge < -0.3 is 0 Å². The van der Waals surface area contributed by atoms with E-state index in [0.717, 1.165) is 23.7 Å². The van der Waals surface area contributed by atoms with Gasteiger partial charge in [-0.15, -0.1) is 0 Å². The monoisotopic (exact) mass is 315 g/mol. The van der Waals surface area contributed by atoms with E-state index in [0.29, 0.717) is 21.5 Å². The summed E-state index contributed by atoms with van der Waals surface area (Å²) < 4.78 is 0. The Morgan fingerprint density at radius 3 is 2.63 bits per heavy atom. The maximum Gasteiger partial charge on any atom is 0.293 e. The minimum absolute atomic E-state index is 0.224. The van der Waals surface area contributed by atoms with Crippen LogP contribution in [0.2, 0.25) is 10.0 Å². The Morgan fingerprint density at radius 2 is 2.00 bits per heavy atom. The number of carbonyl (C=O) groups is 2. The molecule has 1 fully saturated rings. The maximum absolute atomic E-state index is 12.0. The third kappa shape index (κ3) is 3.14. The van der Waals surface area contributed by atoms with Gasteiger partial charge in [0.05, 0.1) is 15.0 Å². The molecule has 0 bridgehead atoms. The number of benzene rings is 1. The molecule has 0 aliphatic carbocycles. The number of hydrogen-bond acceptors (Lipinski definition) is 3. The van der Waals surface area contributed by atoms with E-state index >= 15 is 0 Å². The van der Waals surface area contributed by atoms with E-state index in [9.17, 15) is 9.59 Å². The molecule has 1 heterocycles. The quantitative estimate of drug-likeness (QED) is 0.774. The molecule has 1 aliphatic rings. The molecule has 100 valence electrons. The van der Waals surface area contributed by atoms with Gasteiger partial charge in [0.15, 0.2) is 0 Å². The lowest BCUT2D eigenvalue weighted by Crippen LogP contribution is -2.28. The first-order chi connectivity index (χ1) is 9.02. The van der Waals surface area contributed by atoms with Crippen molar-refractivity contribution in [3.63, 3.8) is 0 Å². The molecule has 0 radical (unpaired) electrons. The fourth-order valence-corrected chi connectivity index (χ4v) is 2.84. The second kappa shape index (κ2) is 5.99. The molecule has 0 unspecified atom stereocenters. The summed E-state index contributed by atoms with van der Waals surface area (Å²) in [4.78, 5) is 25.4. The average Bonchev–Trinajstić information content (AvgIpc) is 2.62. The second-order valence-corrected chi connectivity index (χ2v) is 5.81. The third-order valence-corrected chi connectivity index (χ3v) is 4.21. The summed E-state index contributed by atoms with van der Waals surface area (Å²) in [7, 11) is 0. The first-order valence-electron chi connectivity index (χ1n) is 5.73. The van der Waals surface area contributed by atoms with E-state index < -0.39 is 0 Å². The van der Waals surface area contributed by atoms with Crippen molar-refractivity contribution in [2.24, 2.45) is 0 Å². The highest BCUT2D eigenvalue weighted by atomic mass is 35.5. The van der Waals surface area contributed by atoms with Gasteiger partial charge >= 0.3 is 0 Å². The van der Waals surface area contributed by atoms with Gasteiger partial charge in [-0.1, -0.05) is 36.2 Å². The molecule has 19 heavy (non-hydrogen) atoms. The number of rotatable bonds is 3. The SMILES string of the molecule is CCCN1C(=O)S/C(=C/c2ccc(Cl)c(Cl)c2)C1=O. The van der Waals surface area contributed by atoms with Gasteiger partial charge in [0.2, 0.25) is 0 Å². The van der Waals surface area contributed by atoms with Crippen LogP contribution in [0, 0.1) is 0 Å². The van der Waals surface area contributed by atoms with Crippen molar-refractivity contribution < 1.29 is 9.59 Å². The molecule has 1 aliphatic heterocycles. The molecule has 0 atom stereocenters. The first-order valence-corrected chi connectivity index (χ1v) is 7.30. The molecular weight excluding hydrogens is 305 g/mol. The minimum atomic E-state index is -0.247. The zero-order chi connectivity index (χ0) is 14.0. The predicted octanol–water partition coefficient (Wildman–Crippen LogP) is 4.44. The zero-order valence-corrected chi connectivity index (χ0v) is 12.5. The lowest BCUT2D eigenvalue weighted by molar-refractivity contribution is -0.122. The number of hydrogen-bond donors (Lipinski definition) is 0. The lowest BCUT2D eigenvalue weighted by Gasteiger charge is -2.09. The van der Waals surface area contributed by atoms with E-state index in [1.54, 1.807) is 24.3 Å². The van der Waals surface area contributed by atoms with Crippen molar-refractivity contribution in [1.82, 2.24) is 4.90 Å². The standard InChI is InChI=1S/C13H11Cl2NO2S/c1-2-5-16-12(17)11(19-13(16)18)7-8-3-4-9(14)10(15)6-8/h3-4,6-7H,2,5H2,1H3/b11-7+. The summed E-state index contributed by atoms with van der Waals surface area (Å²) in [5.41, 5.74) is 0.747. The Bertz CT molecular complexity index is 572. The topological polar surface area (TPSA) is 37.4 Å². The van der Waals surface area contributed by atoms with Crippen LogP contribution in [0.3, 0.4) is 0 Å². The van der Waals surface area contributed by atoms with E-state index in [2.05, 4.69) is 0 Å². The Labute approximate surface area is 125 Å². The number of thioether (sulfide) groups is 1. The van der Waals surface area contributed by atoms with E-state index in [1.165, 1.54) is 4.90 Å².